The summed E-state index contributed by atoms with van der Waals surface area (Å²) < 4.78 is 4.98. The molecule has 7 rings (SSSR count). The van der Waals surface area contributed by atoms with Gasteiger partial charge in [0.05, 0.1) is 27.3 Å². The van der Waals surface area contributed by atoms with Crippen LogP contribution in [0.4, 0.5) is 0 Å². The maximum Gasteiger partial charge on any atom is 0.224 e. The molecule has 3 aromatic carbocycles. The van der Waals surface area contributed by atoms with Crippen molar-refractivity contribution < 1.29 is 4.57 Å². The molecule has 0 unspecified atom stereocenters. The molecule has 1 fully saturated rings. The number of aryl methyl sites for hydroxylation is 2. The Kier molecular flexibility index (Phi) is 4.72. The number of aromatic nitrogens is 2. The van der Waals surface area contributed by atoms with Gasteiger partial charge in [-0.15, -0.1) is 0 Å². The molecule has 2 nitrogen and oxygen atoms in total. The van der Waals surface area contributed by atoms with Crippen molar-refractivity contribution in [2.24, 2.45) is 12.5 Å². The average molecular weight is 474 g/mol. The van der Waals surface area contributed by atoms with E-state index in [1.807, 2.05) is 0 Å². The molecule has 1 aliphatic carbocycles. The van der Waals surface area contributed by atoms with E-state index >= 15 is 0 Å². The highest BCUT2D eigenvalue weighted by atomic mass is 15.0. The Hall–Kier alpha value is -3.13. The van der Waals surface area contributed by atoms with Crippen molar-refractivity contribution in [2.75, 3.05) is 0 Å². The van der Waals surface area contributed by atoms with Crippen LogP contribution in [0.5, 0.6) is 0 Å². The van der Waals surface area contributed by atoms with E-state index in [0.29, 0.717) is 5.92 Å². The molecule has 0 radical (unpaired) electrons. The van der Waals surface area contributed by atoms with Crippen LogP contribution in [0.25, 0.3) is 49.0 Å². The van der Waals surface area contributed by atoms with Crippen molar-refractivity contribution in [2.45, 2.75) is 72.1 Å². The van der Waals surface area contributed by atoms with Crippen molar-refractivity contribution in [3.05, 3.63) is 71.4 Å². The highest BCUT2D eigenvalue weighted by molar-refractivity contribution is 6.26. The Balaban J connectivity index is 1.72. The summed E-state index contributed by atoms with van der Waals surface area (Å²) >= 11 is 0. The fraction of sp³-hybridized carbons (Fsp3) is 0.382. The minimum absolute atomic E-state index is 0.236. The van der Waals surface area contributed by atoms with Gasteiger partial charge in [0.2, 0.25) is 5.52 Å². The molecule has 6 aromatic rings. The van der Waals surface area contributed by atoms with Crippen molar-refractivity contribution in [3.63, 3.8) is 0 Å². The lowest BCUT2D eigenvalue weighted by Crippen LogP contribution is -2.29. The van der Waals surface area contributed by atoms with E-state index in [9.17, 15) is 0 Å². The largest absolute Gasteiger partial charge is 0.307 e. The lowest BCUT2D eigenvalue weighted by molar-refractivity contribution is -0.643. The second-order valence-electron chi connectivity index (χ2n) is 12.7. The van der Waals surface area contributed by atoms with E-state index in [1.54, 1.807) is 0 Å². The van der Waals surface area contributed by atoms with Crippen LogP contribution in [-0.4, -0.2) is 4.40 Å². The first-order chi connectivity index (χ1) is 17.3. The lowest BCUT2D eigenvalue weighted by atomic mass is 9.83. The van der Waals surface area contributed by atoms with Gasteiger partial charge in [-0.1, -0.05) is 70.4 Å². The van der Waals surface area contributed by atoms with Crippen LogP contribution in [0.15, 0.2) is 54.7 Å². The summed E-state index contributed by atoms with van der Waals surface area (Å²) in [4.78, 5) is 0. The molecule has 0 bridgehead atoms. The van der Waals surface area contributed by atoms with E-state index in [2.05, 4.69) is 98.4 Å². The summed E-state index contributed by atoms with van der Waals surface area (Å²) in [5.74, 6) is 0.685. The zero-order chi connectivity index (χ0) is 24.8. The smallest absolute Gasteiger partial charge is 0.224 e. The van der Waals surface area contributed by atoms with Crippen LogP contribution in [0.3, 0.4) is 0 Å². The van der Waals surface area contributed by atoms with Crippen molar-refractivity contribution in [1.29, 1.82) is 0 Å². The van der Waals surface area contributed by atoms with Gasteiger partial charge in [-0.2, -0.15) is 0 Å². The monoisotopic (exact) mass is 473 g/mol. The predicted octanol–water partition coefficient (Wildman–Crippen LogP) is 8.76. The van der Waals surface area contributed by atoms with E-state index < -0.39 is 0 Å². The summed E-state index contributed by atoms with van der Waals surface area (Å²) in [5, 5.41) is 7.03. The molecule has 0 atom stereocenters. The molecule has 3 heterocycles. The van der Waals surface area contributed by atoms with Gasteiger partial charge in [0.15, 0.2) is 6.20 Å². The van der Waals surface area contributed by atoms with Crippen LogP contribution in [0, 0.1) is 12.3 Å². The number of benzene rings is 3. The molecule has 2 heteroatoms. The SMILES string of the molecule is Cc1ccc2c3c(CC(C)(C)C)cccc3n3c4cc(C5CCCCC5)cc5cc[n+](C)c(c1c23)c54. The Morgan fingerprint density at radius 3 is 2.47 bits per heavy atom. The second kappa shape index (κ2) is 7.68. The maximum absolute atomic E-state index is 2.63. The molecule has 0 aliphatic heterocycles. The summed E-state index contributed by atoms with van der Waals surface area (Å²) in [5.41, 5.74) is 10.1. The molecule has 0 spiro atoms. The topological polar surface area (TPSA) is 8.29 Å². The normalized spacial score (nSPS) is 15.9. The van der Waals surface area contributed by atoms with E-state index in [-0.39, 0.29) is 5.41 Å². The fourth-order valence-corrected chi connectivity index (χ4v) is 7.25. The molecule has 1 aliphatic rings. The first kappa shape index (κ1) is 22.1. The molecule has 1 saturated carbocycles. The number of rotatable bonds is 2. The Morgan fingerprint density at radius 2 is 1.69 bits per heavy atom. The zero-order valence-electron chi connectivity index (χ0n) is 22.4. The number of hydrogen-bond donors (Lipinski definition) is 0. The van der Waals surface area contributed by atoms with Gasteiger partial charge < -0.3 is 4.40 Å². The summed E-state index contributed by atoms with van der Waals surface area (Å²) in [6.07, 6.45) is 10.1. The first-order valence-corrected chi connectivity index (χ1v) is 13.8. The first-order valence-electron chi connectivity index (χ1n) is 13.8. The van der Waals surface area contributed by atoms with Crippen molar-refractivity contribution in [3.8, 4) is 0 Å². The standard InChI is InChI=1S/C34H37N2/c1-21-14-15-26-30-24(20-34(2,3)4)12-9-13-27(30)36-28-19-25(22-10-7-6-8-11-22)18-23-16-17-35(5)33(31(23)28)29(21)32(26)36/h9,12-19,22H,6-8,10-11,20H2,1-5H3/q+1. The van der Waals surface area contributed by atoms with E-state index in [0.717, 1.165) is 6.42 Å². The molecule has 182 valence electrons. The Bertz CT molecular complexity index is 1790. The van der Waals surface area contributed by atoms with Crippen LogP contribution in [-0.2, 0) is 13.5 Å². The van der Waals surface area contributed by atoms with Crippen LogP contribution < -0.4 is 4.57 Å². The minimum atomic E-state index is 0.236. The van der Waals surface area contributed by atoms with Crippen LogP contribution in [0.1, 0.15) is 75.5 Å². The number of hydrogen-bond acceptors (Lipinski definition) is 0. The van der Waals surface area contributed by atoms with Crippen molar-refractivity contribution >= 4 is 49.0 Å². The third-order valence-corrected chi connectivity index (χ3v) is 8.76. The molecule has 0 saturated heterocycles. The third kappa shape index (κ3) is 3.13. The van der Waals surface area contributed by atoms with E-state index in [4.69, 9.17) is 0 Å². The summed E-state index contributed by atoms with van der Waals surface area (Å²) in [6.45, 7) is 9.34. The maximum atomic E-state index is 2.63. The molecular formula is C34H37N2+. The summed E-state index contributed by atoms with van der Waals surface area (Å²) in [6, 6.07) is 19.1. The second-order valence-corrected chi connectivity index (χ2v) is 12.7. The molecular weight excluding hydrogens is 436 g/mol. The third-order valence-electron chi connectivity index (χ3n) is 8.76. The minimum Gasteiger partial charge on any atom is -0.307 e. The van der Waals surface area contributed by atoms with Gasteiger partial charge >= 0.3 is 0 Å². The average Bonchev–Trinajstić information content (AvgIpc) is 3.20. The lowest BCUT2D eigenvalue weighted by Gasteiger charge is -2.23. The number of pyridine rings is 2. The van der Waals surface area contributed by atoms with Crippen LogP contribution >= 0.6 is 0 Å². The van der Waals surface area contributed by atoms with Gasteiger partial charge in [-0.25, -0.2) is 4.57 Å². The van der Waals surface area contributed by atoms with Gasteiger partial charge in [-0.3, -0.25) is 0 Å². The molecule has 0 N–H and O–H groups in total. The molecule has 0 amide bonds. The van der Waals surface area contributed by atoms with Crippen molar-refractivity contribution in [1.82, 2.24) is 4.40 Å². The van der Waals surface area contributed by atoms with Gasteiger partial charge in [0, 0.05) is 16.8 Å². The van der Waals surface area contributed by atoms with Gasteiger partial charge in [0.25, 0.3) is 0 Å². The van der Waals surface area contributed by atoms with Gasteiger partial charge in [0.1, 0.15) is 7.05 Å². The fourth-order valence-electron chi connectivity index (χ4n) is 7.25. The Morgan fingerprint density at radius 1 is 0.889 bits per heavy atom. The number of nitrogens with zero attached hydrogens (tertiary/aromatic N) is 2. The quantitative estimate of drug-likeness (QED) is 0.135. The highest BCUT2D eigenvalue weighted by Gasteiger charge is 2.27. The highest BCUT2D eigenvalue weighted by Crippen LogP contribution is 2.44. The predicted molar refractivity (Wildman–Crippen MR) is 154 cm³/mol. The van der Waals surface area contributed by atoms with Gasteiger partial charge in [-0.05, 0) is 71.7 Å². The van der Waals surface area contributed by atoms with E-state index in [1.165, 1.54) is 97.8 Å². The van der Waals surface area contributed by atoms with Crippen LogP contribution in [0.2, 0.25) is 0 Å². The molecule has 3 aromatic heterocycles. The summed E-state index contributed by atoms with van der Waals surface area (Å²) in [7, 11) is 2.22. The zero-order valence-corrected chi connectivity index (χ0v) is 22.4. The molecule has 36 heavy (non-hydrogen) atoms. The number of fused-ring (bicyclic) bond motifs is 5. The Labute approximate surface area is 213 Å².